The maximum atomic E-state index is 12.8. The number of aromatic nitrogens is 7. The molecule has 0 radical (unpaired) electrons. The van der Waals surface area contributed by atoms with Gasteiger partial charge in [-0.3, -0.25) is 9.48 Å². The number of ether oxygens (including phenoxy) is 1. The first kappa shape index (κ1) is 24.1. The molecule has 5 aromatic heterocycles. The molecule has 0 aliphatic rings. The van der Waals surface area contributed by atoms with Crippen LogP contribution in [0.25, 0.3) is 28.0 Å². The van der Waals surface area contributed by atoms with Gasteiger partial charge in [0.05, 0.1) is 41.2 Å². The summed E-state index contributed by atoms with van der Waals surface area (Å²) in [6, 6.07) is 10.4. The molecule has 37 heavy (non-hydrogen) atoms. The van der Waals surface area contributed by atoms with Crippen LogP contribution in [0.2, 0.25) is 0 Å². The van der Waals surface area contributed by atoms with E-state index >= 15 is 0 Å². The zero-order valence-electron chi connectivity index (χ0n) is 19.8. The average Bonchev–Trinajstić information content (AvgIpc) is 3.50. The van der Waals surface area contributed by atoms with E-state index in [-0.39, 0.29) is 17.9 Å². The lowest BCUT2D eigenvalue weighted by atomic mass is 10.0. The number of ketones is 1. The number of alkyl halides is 3. The molecule has 0 saturated carbocycles. The Bertz CT molecular complexity index is 1590. The third-order valence-electron chi connectivity index (χ3n) is 5.53. The van der Waals surface area contributed by atoms with Crippen LogP contribution in [0, 0.1) is 6.92 Å². The fourth-order valence-electron chi connectivity index (χ4n) is 3.79. The molecule has 0 atom stereocenters. The zero-order valence-corrected chi connectivity index (χ0v) is 19.8. The standard InChI is InChI=1S/C25H20F3N7O2/c1-3-22(36)18-6-7-20(31-24(18)16-10-29-34(12-16)14-25(26,27)28)19-11-30-35-13-17(5-8-21(19)35)37-23-9-4-15(2)32-33-23/h4-13H,3,14H2,1-2H3. The van der Waals surface area contributed by atoms with Gasteiger partial charge in [-0.15, -0.1) is 5.10 Å². The molecule has 0 fully saturated rings. The summed E-state index contributed by atoms with van der Waals surface area (Å²) >= 11 is 0. The Kier molecular flexibility index (Phi) is 6.15. The van der Waals surface area contributed by atoms with E-state index in [1.165, 1.54) is 12.4 Å². The summed E-state index contributed by atoms with van der Waals surface area (Å²) in [5.41, 5.74) is 3.53. The number of fused-ring (bicyclic) bond motifs is 1. The van der Waals surface area contributed by atoms with Crippen molar-refractivity contribution in [3.8, 4) is 34.1 Å². The maximum Gasteiger partial charge on any atom is 0.408 e. The van der Waals surface area contributed by atoms with Crippen LogP contribution in [0.5, 0.6) is 11.6 Å². The summed E-state index contributed by atoms with van der Waals surface area (Å²) in [7, 11) is 0. The highest BCUT2D eigenvalue weighted by molar-refractivity contribution is 6.01. The number of carbonyl (C=O) groups excluding carboxylic acids is 1. The van der Waals surface area contributed by atoms with Crippen molar-refractivity contribution in [3.05, 3.63) is 72.4 Å². The Labute approximate surface area is 208 Å². The Balaban J connectivity index is 1.51. The van der Waals surface area contributed by atoms with E-state index in [0.717, 1.165) is 10.4 Å². The van der Waals surface area contributed by atoms with E-state index in [9.17, 15) is 18.0 Å². The molecule has 0 aliphatic carbocycles. The van der Waals surface area contributed by atoms with E-state index < -0.39 is 12.7 Å². The molecular weight excluding hydrogens is 487 g/mol. The second-order valence-electron chi connectivity index (χ2n) is 8.28. The van der Waals surface area contributed by atoms with Crippen LogP contribution in [0.3, 0.4) is 0 Å². The number of carbonyl (C=O) groups is 1. The van der Waals surface area contributed by atoms with Crippen LogP contribution in [-0.2, 0) is 6.54 Å². The van der Waals surface area contributed by atoms with Gasteiger partial charge in [-0.05, 0) is 37.3 Å². The number of pyridine rings is 2. The number of hydrogen-bond acceptors (Lipinski definition) is 7. The highest BCUT2D eigenvalue weighted by Gasteiger charge is 2.29. The van der Waals surface area contributed by atoms with E-state index in [4.69, 9.17) is 4.74 Å². The number of nitrogens with zero attached hydrogens (tertiary/aromatic N) is 7. The Hall–Kier alpha value is -4.61. The minimum absolute atomic E-state index is 0.182. The first-order valence-electron chi connectivity index (χ1n) is 11.3. The summed E-state index contributed by atoms with van der Waals surface area (Å²) in [4.78, 5) is 17.2. The van der Waals surface area contributed by atoms with Crippen molar-refractivity contribution in [1.82, 2.24) is 34.6 Å². The molecule has 9 nitrogen and oxygen atoms in total. The van der Waals surface area contributed by atoms with Crippen LogP contribution < -0.4 is 4.74 Å². The molecule has 5 heterocycles. The van der Waals surface area contributed by atoms with E-state index in [2.05, 4.69) is 25.4 Å². The molecule has 0 amide bonds. The van der Waals surface area contributed by atoms with E-state index in [1.807, 2.05) is 6.92 Å². The van der Waals surface area contributed by atoms with Crippen LogP contribution in [-0.4, -0.2) is 46.5 Å². The lowest BCUT2D eigenvalue weighted by Crippen LogP contribution is -2.17. The van der Waals surface area contributed by atoms with Gasteiger partial charge in [0.2, 0.25) is 5.88 Å². The molecule has 5 aromatic rings. The quantitative estimate of drug-likeness (QED) is 0.275. The Morgan fingerprint density at radius 1 is 1.00 bits per heavy atom. The molecule has 5 rings (SSSR count). The fraction of sp³-hybridized carbons (Fsp3) is 0.200. The van der Waals surface area contributed by atoms with E-state index in [1.54, 1.807) is 60.2 Å². The lowest BCUT2D eigenvalue weighted by Gasteiger charge is -2.09. The second kappa shape index (κ2) is 9.45. The summed E-state index contributed by atoms with van der Waals surface area (Å²) in [5.74, 6) is 0.652. The smallest absolute Gasteiger partial charge is 0.408 e. The van der Waals surface area contributed by atoms with Crippen molar-refractivity contribution in [1.29, 1.82) is 0 Å². The van der Waals surface area contributed by atoms with Crippen molar-refractivity contribution in [2.45, 2.75) is 33.0 Å². The minimum Gasteiger partial charge on any atom is -0.436 e. The largest absolute Gasteiger partial charge is 0.436 e. The number of halogens is 3. The van der Waals surface area contributed by atoms with Gasteiger partial charge in [0.25, 0.3) is 0 Å². The Morgan fingerprint density at radius 3 is 2.57 bits per heavy atom. The van der Waals surface area contributed by atoms with Crippen molar-refractivity contribution in [2.24, 2.45) is 0 Å². The summed E-state index contributed by atoms with van der Waals surface area (Å²) in [6.07, 6.45) is 1.60. The van der Waals surface area contributed by atoms with Crippen LogP contribution in [0.15, 0.2) is 61.2 Å². The SMILES string of the molecule is CCC(=O)c1ccc(-c2cnn3cc(Oc4ccc(C)nn4)ccc23)nc1-c1cnn(CC(F)(F)F)c1. The molecule has 188 valence electrons. The van der Waals surface area contributed by atoms with Crippen LogP contribution >= 0.6 is 0 Å². The van der Waals surface area contributed by atoms with Gasteiger partial charge in [0, 0.05) is 35.4 Å². The normalized spacial score (nSPS) is 11.7. The zero-order chi connectivity index (χ0) is 26.2. The van der Waals surface area contributed by atoms with E-state index in [0.29, 0.717) is 39.5 Å². The maximum absolute atomic E-state index is 12.8. The molecule has 0 saturated heterocycles. The molecule has 12 heteroatoms. The van der Waals surface area contributed by atoms with Gasteiger partial charge in [-0.1, -0.05) is 6.92 Å². The van der Waals surface area contributed by atoms with Gasteiger partial charge in [-0.2, -0.15) is 28.5 Å². The van der Waals surface area contributed by atoms with Gasteiger partial charge in [-0.25, -0.2) is 9.50 Å². The second-order valence-corrected chi connectivity index (χ2v) is 8.28. The predicted molar refractivity (Wildman–Crippen MR) is 127 cm³/mol. The van der Waals surface area contributed by atoms with Crippen LogP contribution in [0.4, 0.5) is 13.2 Å². The number of rotatable bonds is 7. The minimum atomic E-state index is -4.42. The lowest BCUT2D eigenvalue weighted by molar-refractivity contribution is -0.142. The number of Topliss-reactive ketones (excluding diaryl/α,β-unsaturated/α-hetero) is 1. The van der Waals surface area contributed by atoms with Crippen molar-refractivity contribution < 1.29 is 22.7 Å². The molecule has 0 N–H and O–H groups in total. The summed E-state index contributed by atoms with van der Waals surface area (Å²) in [6.45, 7) is 2.30. The number of hydrogen-bond donors (Lipinski definition) is 0. The van der Waals surface area contributed by atoms with Gasteiger partial charge < -0.3 is 4.74 Å². The Morgan fingerprint density at radius 2 is 1.84 bits per heavy atom. The van der Waals surface area contributed by atoms with Crippen LogP contribution in [0.1, 0.15) is 29.4 Å². The highest BCUT2D eigenvalue weighted by atomic mass is 19.4. The fourth-order valence-corrected chi connectivity index (χ4v) is 3.79. The molecule has 0 unspecified atom stereocenters. The van der Waals surface area contributed by atoms with Gasteiger partial charge >= 0.3 is 6.18 Å². The molecule has 0 aliphatic heterocycles. The predicted octanol–water partition coefficient (Wildman–Crippen LogP) is 5.31. The topological polar surface area (TPSA) is 100 Å². The van der Waals surface area contributed by atoms with Gasteiger partial charge in [0.15, 0.2) is 5.78 Å². The molecule has 0 bridgehead atoms. The summed E-state index contributed by atoms with van der Waals surface area (Å²) in [5, 5.41) is 16.1. The van der Waals surface area contributed by atoms with Gasteiger partial charge in [0.1, 0.15) is 12.3 Å². The van der Waals surface area contributed by atoms with Crippen molar-refractivity contribution in [2.75, 3.05) is 0 Å². The third kappa shape index (κ3) is 5.17. The molecule has 0 spiro atoms. The van der Waals surface area contributed by atoms with Crippen molar-refractivity contribution >= 4 is 11.3 Å². The monoisotopic (exact) mass is 507 g/mol. The molecular formula is C25H20F3N7O2. The third-order valence-corrected chi connectivity index (χ3v) is 5.53. The van der Waals surface area contributed by atoms with Crippen molar-refractivity contribution in [3.63, 3.8) is 0 Å². The summed E-state index contributed by atoms with van der Waals surface area (Å²) < 4.78 is 46.6. The first-order chi connectivity index (χ1) is 17.7. The number of aryl methyl sites for hydroxylation is 1. The average molecular weight is 507 g/mol. The molecule has 0 aromatic carbocycles. The first-order valence-corrected chi connectivity index (χ1v) is 11.3. The highest BCUT2D eigenvalue weighted by Crippen LogP contribution is 2.31.